The number of aromatic nitrogens is 1. The van der Waals surface area contributed by atoms with Gasteiger partial charge in [0, 0.05) is 12.2 Å². The summed E-state index contributed by atoms with van der Waals surface area (Å²) < 4.78 is 0. The minimum atomic E-state index is 0.381. The third kappa shape index (κ3) is 3.78. The van der Waals surface area contributed by atoms with E-state index >= 15 is 0 Å². The van der Waals surface area contributed by atoms with Gasteiger partial charge in [-0.3, -0.25) is 4.98 Å². The van der Waals surface area contributed by atoms with Gasteiger partial charge in [0.05, 0.1) is 5.69 Å². The van der Waals surface area contributed by atoms with Crippen molar-refractivity contribution in [3.05, 3.63) is 42.2 Å². The molecule has 1 N–H and O–H groups in total. The summed E-state index contributed by atoms with van der Waals surface area (Å²) in [6.45, 7) is 9.00. The number of nitrogens with one attached hydrogen (secondary N) is 1. The molecular formula is C14H22N2. The number of aryl methyl sites for hydroxylation is 1. The highest BCUT2D eigenvalue weighted by atomic mass is 14.9. The molecule has 0 amide bonds. The monoisotopic (exact) mass is 218 g/mol. The number of unbranched alkanes of at least 4 members (excludes halogenated alkanes) is 1. The summed E-state index contributed by atoms with van der Waals surface area (Å²) in [4.78, 5) is 4.49. The maximum absolute atomic E-state index is 4.49. The van der Waals surface area contributed by atoms with Crippen molar-refractivity contribution >= 4 is 0 Å². The Hall–Kier alpha value is -1.15. The van der Waals surface area contributed by atoms with Gasteiger partial charge in [0.25, 0.3) is 0 Å². The van der Waals surface area contributed by atoms with Crippen molar-refractivity contribution in [2.45, 2.75) is 39.2 Å². The molecule has 2 heteroatoms. The summed E-state index contributed by atoms with van der Waals surface area (Å²) in [5.74, 6) is 0. The van der Waals surface area contributed by atoms with Gasteiger partial charge in [-0.15, -0.1) is 6.58 Å². The zero-order valence-corrected chi connectivity index (χ0v) is 10.4. The zero-order valence-electron chi connectivity index (χ0n) is 10.4. The van der Waals surface area contributed by atoms with Gasteiger partial charge >= 0.3 is 0 Å². The third-order valence-corrected chi connectivity index (χ3v) is 2.73. The van der Waals surface area contributed by atoms with E-state index in [1.165, 1.54) is 11.3 Å². The number of rotatable bonds is 7. The third-order valence-electron chi connectivity index (χ3n) is 2.73. The lowest BCUT2D eigenvalue weighted by atomic mass is 10.0. The molecule has 1 aromatic rings. The molecule has 0 fully saturated rings. The Morgan fingerprint density at radius 3 is 3.00 bits per heavy atom. The van der Waals surface area contributed by atoms with Gasteiger partial charge in [-0.2, -0.15) is 0 Å². The Kier molecular flexibility index (Phi) is 5.79. The van der Waals surface area contributed by atoms with E-state index in [2.05, 4.69) is 36.8 Å². The van der Waals surface area contributed by atoms with Gasteiger partial charge in [-0.25, -0.2) is 0 Å². The van der Waals surface area contributed by atoms with Crippen LogP contribution in [-0.2, 0) is 0 Å². The van der Waals surface area contributed by atoms with E-state index < -0.39 is 0 Å². The Balaban J connectivity index is 2.68. The topological polar surface area (TPSA) is 24.9 Å². The standard InChI is InChI=1S/C14H22N2/c1-4-6-7-10-13(15-5-2)14-12(3)9-8-11-16-14/h4,8-9,11,13,15H,1,5-7,10H2,2-3H3. The minimum Gasteiger partial charge on any atom is -0.309 e. The van der Waals surface area contributed by atoms with E-state index in [4.69, 9.17) is 0 Å². The average molecular weight is 218 g/mol. The summed E-state index contributed by atoms with van der Waals surface area (Å²) >= 11 is 0. The van der Waals surface area contributed by atoms with E-state index in [1.807, 2.05) is 18.3 Å². The molecule has 88 valence electrons. The van der Waals surface area contributed by atoms with Crippen LogP contribution in [0.5, 0.6) is 0 Å². The van der Waals surface area contributed by atoms with E-state index in [0.29, 0.717) is 6.04 Å². The average Bonchev–Trinajstić information content (AvgIpc) is 2.29. The van der Waals surface area contributed by atoms with Crippen LogP contribution < -0.4 is 5.32 Å². The zero-order chi connectivity index (χ0) is 11.8. The fourth-order valence-electron chi connectivity index (χ4n) is 1.91. The largest absolute Gasteiger partial charge is 0.309 e. The van der Waals surface area contributed by atoms with E-state index in [1.54, 1.807) is 0 Å². The number of nitrogens with zero attached hydrogens (tertiary/aromatic N) is 1. The Bertz CT molecular complexity index is 320. The number of hydrogen-bond donors (Lipinski definition) is 1. The predicted octanol–water partition coefficient (Wildman–Crippen LogP) is 3.40. The van der Waals surface area contributed by atoms with Crippen LogP contribution in [0.4, 0.5) is 0 Å². The van der Waals surface area contributed by atoms with Crippen molar-refractivity contribution in [1.82, 2.24) is 10.3 Å². The van der Waals surface area contributed by atoms with E-state index in [0.717, 1.165) is 25.8 Å². The maximum Gasteiger partial charge on any atom is 0.0602 e. The fourth-order valence-corrected chi connectivity index (χ4v) is 1.91. The van der Waals surface area contributed by atoms with Crippen molar-refractivity contribution in [2.24, 2.45) is 0 Å². The summed E-state index contributed by atoms with van der Waals surface area (Å²) in [5, 5.41) is 3.50. The van der Waals surface area contributed by atoms with Crippen LogP contribution in [0.1, 0.15) is 43.5 Å². The lowest BCUT2D eigenvalue weighted by Gasteiger charge is -2.18. The van der Waals surface area contributed by atoms with Crippen LogP contribution in [0.25, 0.3) is 0 Å². The van der Waals surface area contributed by atoms with Gasteiger partial charge < -0.3 is 5.32 Å². The molecule has 16 heavy (non-hydrogen) atoms. The lowest BCUT2D eigenvalue weighted by Crippen LogP contribution is -2.22. The Morgan fingerprint density at radius 1 is 1.56 bits per heavy atom. The van der Waals surface area contributed by atoms with Gasteiger partial charge in [0.15, 0.2) is 0 Å². The molecule has 0 spiro atoms. The molecule has 1 unspecified atom stereocenters. The van der Waals surface area contributed by atoms with Crippen LogP contribution in [-0.4, -0.2) is 11.5 Å². The van der Waals surface area contributed by atoms with E-state index in [9.17, 15) is 0 Å². The molecular weight excluding hydrogens is 196 g/mol. The Labute approximate surface area is 98.8 Å². The van der Waals surface area contributed by atoms with Crippen molar-refractivity contribution in [3.63, 3.8) is 0 Å². The van der Waals surface area contributed by atoms with Gasteiger partial charge in [-0.05, 0) is 44.4 Å². The smallest absolute Gasteiger partial charge is 0.0602 e. The summed E-state index contributed by atoms with van der Waals surface area (Å²) in [6.07, 6.45) is 7.22. The molecule has 0 radical (unpaired) electrons. The highest BCUT2D eigenvalue weighted by molar-refractivity contribution is 5.21. The van der Waals surface area contributed by atoms with E-state index in [-0.39, 0.29) is 0 Å². The van der Waals surface area contributed by atoms with Crippen LogP contribution >= 0.6 is 0 Å². The van der Waals surface area contributed by atoms with Crippen molar-refractivity contribution in [2.75, 3.05) is 6.54 Å². The minimum absolute atomic E-state index is 0.381. The molecule has 0 aliphatic rings. The van der Waals surface area contributed by atoms with Gasteiger partial charge in [-0.1, -0.05) is 19.1 Å². The second kappa shape index (κ2) is 7.18. The molecule has 0 saturated heterocycles. The summed E-state index contributed by atoms with van der Waals surface area (Å²) in [6, 6.07) is 4.50. The fraction of sp³-hybridized carbons (Fsp3) is 0.500. The normalized spacial score (nSPS) is 12.4. The molecule has 1 heterocycles. The van der Waals surface area contributed by atoms with Crippen molar-refractivity contribution in [3.8, 4) is 0 Å². The van der Waals surface area contributed by atoms with Gasteiger partial charge in [0.1, 0.15) is 0 Å². The molecule has 0 bridgehead atoms. The summed E-state index contributed by atoms with van der Waals surface area (Å²) in [7, 11) is 0. The Morgan fingerprint density at radius 2 is 2.38 bits per heavy atom. The first-order chi connectivity index (χ1) is 7.79. The van der Waals surface area contributed by atoms with Gasteiger partial charge in [0.2, 0.25) is 0 Å². The highest BCUT2D eigenvalue weighted by Crippen LogP contribution is 2.20. The first-order valence-corrected chi connectivity index (χ1v) is 6.05. The molecule has 1 atom stereocenters. The van der Waals surface area contributed by atoms with Crippen LogP contribution in [0.15, 0.2) is 31.0 Å². The lowest BCUT2D eigenvalue weighted by molar-refractivity contribution is 0.487. The molecule has 1 aromatic heterocycles. The highest BCUT2D eigenvalue weighted by Gasteiger charge is 2.12. The molecule has 1 rings (SSSR count). The van der Waals surface area contributed by atoms with Crippen molar-refractivity contribution < 1.29 is 0 Å². The molecule has 0 aromatic carbocycles. The second-order valence-corrected chi connectivity index (χ2v) is 4.04. The predicted molar refractivity (Wildman–Crippen MR) is 69.4 cm³/mol. The number of pyridine rings is 1. The second-order valence-electron chi connectivity index (χ2n) is 4.04. The molecule has 0 aliphatic carbocycles. The number of allylic oxidation sites excluding steroid dienone is 1. The SMILES string of the molecule is C=CCCCC(NCC)c1ncccc1C. The first-order valence-electron chi connectivity index (χ1n) is 6.05. The maximum atomic E-state index is 4.49. The number of hydrogen-bond acceptors (Lipinski definition) is 2. The molecule has 0 saturated carbocycles. The van der Waals surface area contributed by atoms with Crippen molar-refractivity contribution in [1.29, 1.82) is 0 Å². The molecule has 2 nitrogen and oxygen atoms in total. The van der Waals surface area contributed by atoms with Crippen LogP contribution in [0.3, 0.4) is 0 Å². The van der Waals surface area contributed by atoms with Crippen LogP contribution in [0, 0.1) is 6.92 Å². The first kappa shape index (κ1) is 12.9. The van der Waals surface area contributed by atoms with Crippen LogP contribution in [0.2, 0.25) is 0 Å². The quantitative estimate of drug-likeness (QED) is 0.560. The summed E-state index contributed by atoms with van der Waals surface area (Å²) in [5.41, 5.74) is 2.46. The molecule has 0 aliphatic heterocycles.